The molecule has 1 aliphatic heterocycles. The number of carboxylic acids is 1. The molecule has 6 nitrogen and oxygen atoms in total. The van der Waals surface area contributed by atoms with Gasteiger partial charge in [0.25, 0.3) is 0 Å². The summed E-state index contributed by atoms with van der Waals surface area (Å²) in [6.07, 6.45) is 0. The van der Waals surface area contributed by atoms with Gasteiger partial charge in [0, 0.05) is 19.1 Å². The van der Waals surface area contributed by atoms with E-state index in [1.807, 2.05) is 5.94 Å². The third-order valence-electron chi connectivity index (χ3n) is 5.47. The minimum atomic E-state index is -2.17. The van der Waals surface area contributed by atoms with E-state index in [4.69, 9.17) is 9.84 Å². The lowest BCUT2D eigenvalue weighted by Gasteiger charge is -2.45. The van der Waals surface area contributed by atoms with Crippen molar-refractivity contribution in [3.63, 3.8) is 0 Å². The number of carboxylic acid groups (broad SMARTS) is 1. The van der Waals surface area contributed by atoms with Crippen molar-refractivity contribution in [2.24, 2.45) is 0 Å². The summed E-state index contributed by atoms with van der Waals surface area (Å²) in [7, 11) is 0. The van der Waals surface area contributed by atoms with Crippen LogP contribution in [0.1, 0.15) is 29.8 Å². The molecule has 3 rings (SSSR count). The van der Waals surface area contributed by atoms with Gasteiger partial charge < -0.3 is 14.7 Å². The maximum Gasteiger partial charge on any atom is 0.341 e. The minimum absolute atomic E-state index is 0.196. The van der Waals surface area contributed by atoms with Crippen LogP contribution in [0.25, 0.3) is 0 Å². The number of aromatic carboxylic acids is 1. The summed E-state index contributed by atoms with van der Waals surface area (Å²) >= 11 is 0. The molecule has 0 saturated carbocycles. The van der Waals surface area contributed by atoms with Gasteiger partial charge in [-0.2, -0.15) is 8.78 Å². The van der Waals surface area contributed by atoms with Crippen LogP contribution in [0.2, 0.25) is 0 Å². The van der Waals surface area contributed by atoms with E-state index in [2.05, 4.69) is 0 Å². The summed E-state index contributed by atoms with van der Waals surface area (Å²) in [5.41, 5.74) is -0.831. The van der Waals surface area contributed by atoms with Crippen molar-refractivity contribution in [2.45, 2.75) is 32.5 Å². The van der Waals surface area contributed by atoms with Gasteiger partial charge in [0.1, 0.15) is 29.7 Å². The third-order valence-corrected chi connectivity index (χ3v) is 5.47. The Hall–Kier alpha value is -3.43. The molecule has 2 aromatic rings. The van der Waals surface area contributed by atoms with E-state index in [9.17, 15) is 31.5 Å². The molecule has 2 atom stereocenters. The molecule has 0 aromatic heterocycles. The molecule has 1 aliphatic rings. The maximum atomic E-state index is 14.2. The molecule has 0 bridgehead atoms. The van der Waals surface area contributed by atoms with E-state index in [0.29, 0.717) is 0 Å². The molecule has 1 heterocycles. The van der Waals surface area contributed by atoms with Gasteiger partial charge in [-0.25, -0.2) is 22.8 Å². The van der Waals surface area contributed by atoms with E-state index in [0.717, 1.165) is 5.56 Å². The Labute approximate surface area is 185 Å². The highest BCUT2D eigenvalue weighted by Crippen LogP contribution is 2.31. The smallest absolute Gasteiger partial charge is 0.341 e. The van der Waals surface area contributed by atoms with Crippen molar-refractivity contribution in [2.75, 3.05) is 13.3 Å². The number of rotatable bonds is 6. The van der Waals surface area contributed by atoms with Crippen molar-refractivity contribution in [3.8, 4) is 5.75 Å². The zero-order valence-corrected chi connectivity index (χ0v) is 17.5. The predicted molar refractivity (Wildman–Crippen MR) is 106 cm³/mol. The van der Waals surface area contributed by atoms with Crippen molar-refractivity contribution >= 4 is 11.9 Å². The van der Waals surface area contributed by atoms with Gasteiger partial charge in [-0.1, -0.05) is 12.1 Å². The van der Waals surface area contributed by atoms with E-state index < -0.39 is 59.1 Å². The molecule has 1 saturated heterocycles. The lowest BCUT2D eigenvalue weighted by molar-refractivity contribution is 0.0250. The fraction of sp³-hybridized carbons (Fsp3) is 0.318. The molecule has 0 spiro atoms. The van der Waals surface area contributed by atoms with Gasteiger partial charge in [-0.3, -0.25) is 4.90 Å². The number of nitrogens with zero attached hydrogens (tertiary/aromatic N) is 2. The summed E-state index contributed by atoms with van der Waals surface area (Å²) in [6, 6.07) is 4.74. The van der Waals surface area contributed by atoms with Crippen LogP contribution in [0.15, 0.2) is 30.0 Å². The van der Waals surface area contributed by atoms with Crippen LogP contribution in [0, 0.1) is 29.1 Å². The number of piperazine rings is 1. The molecule has 1 fully saturated rings. The van der Waals surface area contributed by atoms with Crippen molar-refractivity contribution in [1.29, 1.82) is 0 Å². The highest BCUT2D eigenvalue weighted by molar-refractivity contribution is 5.88. The molecule has 2 aromatic carbocycles. The van der Waals surface area contributed by atoms with Crippen LogP contribution in [-0.2, 0) is 11.3 Å². The van der Waals surface area contributed by atoms with Gasteiger partial charge >= 0.3 is 5.97 Å². The molecule has 0 aliphatic carbocycles. The zero-order valence-electron chi connectivity index (χ0n) is 17.5. The van der Waals surface area contributed by atoms with Crippen molar-refractivity contribution in [3.05, 3.63) is 70.2 Å². The Morgan fingerprint density at radius 3 is 2.15 bits per heavy atom. The zero-order chi connectivity index (χ0) is 24.4. The molecule has 0 radical (unpaired) electrons. The molecule has 11 heteroatoms. The molecular weight excluding hydrogens is 451 g/mol. The van der Waals surface area contributed by atoms with Crippen LogP contribution in [0.3, 0.4) is 0 Å². The summed E-state index contributed by atoms with van der Waals surface area (Å²) in [5.74, 6) is -10.3. The van der Waals surface area contributed by atoms with E-state index in [-0.39, 0.29) is 24.8 Å². The normalized spacial score (nSPS) is 18.9. The molecule has 176 valence electrons. The van der Waals surface area contributed by atoms with E-state index in [1.165, 1.54) is 17.0 Å². The van der Waals surface area contributed by atoms with Gasteiger partial charge in [0.15, 0.2) is 17.4 Å². The molecule has 0 unspecified atom stereocenters. The first-order chi connectivity index (χ1) is 15.6. The third kappa shape index (κ3) is 4.69. The van der Waals surface area contributed by atoms with Gasteiger partial charge in [0.2, 0.25) is 11.6 Å². The van der Waals surface area contributed by atoms with Crippen LogP contribution in [0.4, 0.5) is 22.0 Å². The van der Waals surface area contributed by atoms with Crippen molar-refractivity contribution < 1.29 is 41.4 Å². The Bertz CT molecular complexity index is 1090. The molecular formula is C22H19F5N2O4. The first kappa shape index (κ1) is 24.2. The molecule has 1 N–H and O–H groups in total. The Kier molecular flexibility index (Phi) is 7.04. The largest absolute Gasteiger partial charge is 0.477 e. The lowest BCUT2D eigenvalue weighted by Crippen LogP contribution is -2.55. The lowest BCUT2D eigenvalue weighted by atomic mass is 10.0. The van der Waals surface area contributed by atoms with Crippen LogP contribution >= 0.6 is 0 Å². The average molecular weight is 470 g/mol. The summed E-state index contributed by atoms with van der Waals surface area (Å²) in [6.45, 7) is 3.33. The highest BCUT2D eigenvalue weighted by atomic mass is 19.2. The SMILES string of the molecule is C[C@@H]1C(=C=O)N(Cc2ccc(F)cc2)[C@@H](C)CN1COc1c(F)c(F)c(C(=O)O)c(F)c1F. The predicted octanol–water partition coefficient (Wildman–Crippen LogP) is 3.73. The first-order valence-corrected chi connectivity index (χ1v) is 9.78. The molecule has 33 heavy (non-hydrogen) atoms. The minimum Gasteiger partial charge on any atom is -0.477 e. The van der Waals surface area contributed by atoms with E-state index >= 15 is 0 Å². The summed E-state index contributed by atoms with van der Waals surface area (Å²) in [5, 5.41) is 8.76. The first-order valence-electron chi connectivity index (χ1n) is 9.78. The Morgan fingerprint density at radius 1 is 1.06 bits per heavy atom. The summed E-state index contributed by atoms with van der Waals surface area (Å²) in [4.78, 5) is 25.8. The van der Waals surface area contributed by atoms with E-state index in [1.54, 1.807) is 30.9 Å². The highest BCUT2D eigenvalue weighted by Gasteiger charge is 2.35. The Morgan fingerprint density at radius 2 is 1.64 bits per heavy atom. The number of hydrogen-bond acceptors (Lipinski definition) is 5. The van der Waals surface area contributed by atoms with Crippen LogP contribution in [-0.4, -0.2) is 52.2 Å². The van der Waals surface area contributed by atoms with Gasteiger partial charge in [0.05, 0.1) is 6.04 Å². The van der Waals surface area contributed by atoms with Crippen LogP contribution < -0.4 is 4.74 Å². The number of carbonyl (C=O) groups is 1. The summed E-state index contributed by atoms with van der Waals surface area (Å²) < 4.78 is 74.3. The fourth-order valence-corrected chi connectivity index (χ4v) is 3.66. The number of hydrogen-bond donors (Lipinski definition) is 1. The second-order valence-electron chi connectivity index (χ2n) is 7.58. The number of benzene rings is 2. The average Bonchev–Trinajstić information content (AvgIpc) is 2.77. The van der Waals surface area contributed by atoms with Crippen LogP contribution in [0.5, 0.6) is 5.75 Å². The number of halogens is 5. The van der Waals surface area contributed by atoms with Gasteiger partial charge in [-0.05, 0) is 31.5 Å². The second kappa shape index (κ2) is 9.60. The number of carbonyl (C=O) groups excluding carboxylic acids is 1. The maximum absolute atomic E-state index is 14.2. The number of ether oxygens (including phenoxy) is 1. The quantitative estimate of drug-likeness (QED) is 0.394. The Balaban J connectivity index is 1.79. The standard InChI is InChI=1S/C22H19F5N2O4/c1-11-7-28(10-33-21-19(26)17(24)16(22(31)32)18(25)20(21)27)12(2)15(9-30)29(11)8-13-3-5-14(23)6-4-13/h3-6,11-12H,7-8,10H2,1-2H3,(H,31,32)/t11-,12+/m0/s1. The van der Waals surface area contributed by atoms with Crippen molar-refractivity contribution in [1.82, 2.24) is 9.80 Å². The fourth-order valence-electron chi connectivity index (χ4n) is 3.66. The monoisotopic (exact) mass is 470 g/mol. The van der Waals surface area contributed by atoms with Gasteiger partial charge in [-0.15, -0.1) is 0 Å². The topological polar surface area (TPSA) is 70.1 Å². The molecule has 0 amide bonds. The second-order valence-corrected chi connectivity index (χ2v) is 7.58.